The second-order valence-electron chi connectivity index (χ2n) is 5.65. The van der Waals surface area contributed by atoms with E-state index in [0.717, 1.165) is 19.3 Å². The van der Waals surface area contributed by atoms with Gasteiger partial charge in [-0.15, -0.1) is 0 Å². The summed E-state index contributed by atoms with van der Waals surface area (Å²) in [6, 6.07) is 5.42. The number of Topliss-reactive ketones (excluding diaryl/α,β-unsaturated/α-hetero) is 1. The van der Waals surface area contributed by atoms with Crippen molar-refractivity contribution in [3.05, 3.63) is 35.6 Å². The lowest BCUT2D eigenvalue weighted by Crippen LogP contribution is -2.29. The molecule has 0 radical (unpaired) electrons. The summed E-state index contributed by atoms with van der Waals surface area (Å²) in [6.45, 7) is 4.97. The Bertz CT molecular complexity index is 470. The Kier molecular flexibility index (Phi) is 8.41. The first-order chi connectivity index (χ1) is 10.6. The Balaban J connectivity index is 2.30. The van der Waals surface area contributed by atoms with E-state index in [1.807, 2.05) is 0 Å². The van der Waals surface area contributed by atoms with Crippen LogP contribution in [-0.4, -0.2) is 18.2 Å². The third kappa shape index (κ3) is 6.83. The third-order valence-electron chi connectivity index (χ3n) is 3.88. The van der Waals surface area contributed by atoms with Crippen molar-refractivity contribution in [2.24, 2.45) is 5.92 Å². The minimum Gasteiger partial charge on any atom is -0.356 e. The quantitative estimate of drug-likeness (QED) is 0.661. The number of hydrogen-bond donors (Lipinski definition) is 1. The van der Waals surface area contributed by atoms with Gasteiger partial charge >= 0.3 is 0 Å². The molecule has 0 aliphatic heterocycles. The molecule has 0 saturated carbocycles. The lowest BCUT2D eigenvalue weighted by Gasteiger charge is -2.15. The first-order valence-electron chi connectivity index (χ1n) is 8.12. The number of rotatable bonds is 10. The molecule has 0 aromatic heterocycles. The van der Waals surface area contributed by atoms with E-state index in [0.29, 0.717) is 18.0 Å². The predicted molar refractivity (Wildman–Crippen MR) is 86.3 cm³/mol. The molecule has 3 nitrogen and oxygen atoms in total. The van der Waals surface area contributed by atoms with Gasteiger partial charge in [0.1, 0.15) is 5.82 Å². The topological polar surface area (TPSA) is 46.2 Å². The molecule has 0 fully saturated rings. The standard InChI is InChI=1S/C18H26FNO2/c1-3-5-6-14(4-2)13-20-18(22)12-11-17(21)15-7-9-16(19)10-8-15/h7-10,14H,3-6,11-13H2,1-2H3,(H,20,22)/t14-/m1/s1. The number of ketones is 1. The summed E-state index contributed by atoms with van der Waals surface area (Å²) in [5.41, 5.74) is 0.448. The zero-order valence-corrected chi connectivity index (χ0v) is 13.5. The van der Waals surface area contributed by atoms with Crippen molar-refractivity contribution in [3.8, 4) is 0 Å². The Morgan fingerprint density at radius 3 is 2.41 bits per heavy atom. The summed E-state index contributed by atoms with van der Waals surface area (Å²) in [6.07, 6.45) is 4.86. The molecule has 1 aromatic rings. The number of carbonyl (C=O) groups is 2. The number of carbonyl (C=O) groups excluding carboxylic acids is 2. The van der Waals surface area contributed by atoms with Crippen LogP contribution in [0.2, 0.25) is 0 Å². The molecule has 22 heavy (non-hydrogen) atoms. The van der Waals surface area contributed by atoms with E-state index in [9.17, 15) is 14.0 Å². The molecule has 1 rings (SSSR count). The van der Waals surface area contributed by atoms with Crippen LogP contribution in [0.15, 0.2) is 24.3 Å². The Morgan fingerprint density at radius 2 is 1.82 bits per heavy atom. The maximum absolute atomic E-state index is 12.8. The van der Waals surface area contributed by atoms with Crippen LogP contribution in [0.3, 0.4) is 0 Å². The van der Waals surface area contributed by atoms with Gasteiger partial charge in [0, 0.05) is 24.9 Å². The number of benzene rings is 1. The van der Waals surface area contributed by atoms with Gasteiger partial charge in [0.15, 0.2) is 5.78 Å². The number of unbranched alkanes of at least 4 members (excludes halogenated alkanes) is 1. The van der Waals surface area contributed by atoms with Gasteiger partial charge in [0.2, 0.25) is 5.91 Å². The molecule has 4 heteroatoms. The minimum atomic E-state index is -0.369. The van der Waals surface area contributed by atoms with Crippen molar-refractivity contribution in [2.75, 3.05) is 6.54 Å². The maximum Gasteiger partial charge on any atom is 0.220 e. The van der Waals surface area contributed by atoms with E-state index < -0.39 is 0 Å². The maximum atomic E-state index is 12.8. The van der Waals surface area contributed by atoms with Crippen LogP contribution in [-0.2, 0) is 4.79 Å². The van der Waals surface area contributed by atoms with Crippen LogP contribution < -0.4 is 5.32 Å². The average Bonchev–Trinajstić information content (AvgIpc) is 2.53. The highest BCUT2D eigenvalue weighted by Crippen LogP contribution is 2.11. The van der Waals surface area contributed by atoms with E-state index in [4.69, 9.17) is 0 Å². The molecule has 0 aliphatic carbocycles. The van der Waals surface area contributed by atoms with Gasteiger partial charge in [-0.05, 0) is 36.6 Å². The Morgan fingerprint density at radius 1 is 1.14 bits per heavy atom. The van der Waals surface area contributed by atoms with Crippen LogP contribution in [0.25, 0.3) is 0 Å². The molecule has 1 amide bonds. The lowest BCUT2D eigenvalue weighted by molar-refractivity contribution is -0.121. The highest BCUT2D eigenvalue weighted by molar-refractivity contribution is 5.97. The molecule has 0 spiro atoms. The number of amides is 1. The molecule has 0 aliphatic rings. The Labute approximate surface area is 132 Å². The van der Waals surface area contributed by atoms with Crippen LogP contribution in [0.1, 0.15) is 62.7 Å². The SMILES string of the molecule is CCCC[C@@H](CC)CNC(=O)CCC(=O)c1ccc(F)cc1. The normalized spacial score (nSPS) is 12.0. The summed E-state index contributed by atoms with van der Waals surface area (Å²) in [4.78, 5) is 23.7. The fourth-order valence-electron chi connectivity index (χ4n) is 2.30. The van der Waals surface area contributed by atoms with Crippen molar-refractivity contribution in [2.45, 2.75) is 52.4 Å². The highest BCUT2D eigenvalue weighted by Gasteiger charge is 2.11. The molecule has 0 saturated heterocycles. The summed E-state index contributed by atoms with van der Waals surface area (Å²) in [7, 11) is 0. The van der Waals surface area contributed by atoms with Crippen molar-refractivity contribution in [1.82, 2.24) is 5.32 Å². The lowest BCUT2D eigenvalue weighted by atomic mass is 9.99. The summed E-state index contributed by atoms with van der Waals surface area (Å²) < 4.78 is 12.8. The minimum absolute atomic E-state index is 0.0922. The number of nitrogens with one attached hydrogen (secondary N) is 1. The van der Waals surface area contributed by atoms with E-state index in [1.165, 1.54) is 30.7 Å². The summed E-state index contributed by atoms with van der Waals surface area (Å²) in [5.74, 6) is -0.0812. The number of halogens is 1. The summed E-state index contributed by atoms with van der Waals surface area (Å²) >= 11 is 0. The van der Waals surface area contributed by atoms with Gasteiger partial charge in [-0.2, -0.15) is 0 Å². The average molecular weight is 307 g/mol. The third-order valence-corrected chi connectivity index (χ3v) is 3.88. The van der Waals surface area contributed by atoms with Gasteiger partial charge in [0.05, 0.1) is 0 Å². The predicted octanol–water partition coefficient (Wildman–Crippen LogP) is 4.12. The molecular weight excluding hydrogens is 281 g/mol. The van der Waals surface area contributed by atoms with Crippen LogP contribution >= 0.6 is 0 Å². The fourth-order valence-corrected chi connectivity index (χ4v) is 2.30. The molecule has 0 unspecified atom stereocenters. The van der Waals surface area contributed by atoms with E-state index in [2.05, 4.69) is 19.2 Å². The van der Waals surface area contributed by atoms with E-state index in [-0.39, 0.29) is 30.3 Å². The van der Waals surface area contributed by atoms with Gasteiger partial charge in [-0.1, -0.05) is 33.1 Å². The first kappa shape index (κ1) is 18.3. The largest absolute Gasteiger partial charge is 0.356 e. The molecule has 0 bridgehead atoms. The molecule has 122 valence electrons. The monoisotopic (exact) mass is 307 g/mol. The second kappa shape index (κ2) is 10.1. The highest BCUT2D eigenvalue weighted by atomic mass is 19.1. The van der Waals surface area contributed by atoms with Gasteiger partial charge in [-0.3, -0.25) is 9.59 Å². The van der Waals surface area contributed by atoms with Crippen LogP contribution in [0.4, 0.5) is 4.39 Å². The zero-order valence-electron chi connectivity index (χ0n) is 13.5. The smallest absolute Gasteiger partial charge is 0.220 e. The van der Waals surface area contributed by atoms with Crippen molar-refractivity contribution in [3.63, 3.8) is 0 Å². The van der Waals surface area contributed by atoms with Gasteiger partial charge < -0.3 is 5.32 Å². The van der Waals surface area contributed by atoms with Gasteiger partial charge in [0.25, 0.3) is 0 Å². The molecule has 0 heterocycles. The van der Waals surface area contributed by atoms with Crippen molar-refractivity contribution in [1.29, 1.82) is 0 Å². The molecule has 1 N–H and O–H groups in total. The second-order valence-corrected chi connectivity index (χ2v) is 5.65. The fraction of sp³-hybridized carbons (Fsp3) is 0.556. The molecular formula is C18H26FNO2. The van der Waals surface area contributed by atoms with Crippen molar-refractivity contribution >= 4 is 11.7 Å². The van der Waals surface area contributed by atoms with E-state index >= 15 is 0 Å². The van der Waals surface area contributed by atoms with E-state index in [1.54, 1.807) is 0 Å². The van der Waals surface area contributed by atoms with Crippen molar-refractivity contribution < 1.29 is 14.0 Å². The summed E-state index contributed by atoms with van der Waals surface area (Å²) in [5, 5.41) is 2.91. The first-order valence-corrected chi connectivity index (χ1v) is 8.12. The van der Waals surface area contributed by atoms with Crippen LogP contribution in [0.5, 0.6) is 0 Å². The van der Waals surface area contributed by atoms with Crippen LogP contribution in [0, 0.1) is 11.7 Å². The molecule has 1 atom stereocenters. The zero-order chi connectivity index (χ0) is 16.4. The Hall–Kier alpha value is -1.71. The molecule has 1 aromatic carbocycles. The van der Waals surface area contributed by atoms with Gasteiger partial charge in [-0.25, -0.2) is 4.39 Å². The number of hydrogen-bond acceptors (Lipinski definition) is 2.